The van der Waals surface area contributed by atoms with Gasteiger partial charge >= 0.3 is 0 Å². The highest BCUT2D eigenvalue weighted by Crippen LogP contribution is 2.43. The number of aliphatic hydroxyl groups excluding tert-OH is 1. The molecule has 0 amide bonds. The molecule has 2 unspecified atom stereocenters. The second-order valence-electron chi connectivity index (χ2n) is 4.22. The summed E-state index contributed by atoms with van der Waals surface area (Å²) in [6.45, 7) is 0.780. The van der Waals surface area contributed by atoms with Crippen molar-refractivity contribution in [2.75, 3.05) is 20.3 Å². The van der Waals surface area contributed by atoms with Gasteiger partial charge < -0.3 is 14.6 Å². The number of para-hydroxylation sites is 1. The Morgan fingerprint density at radius 1 is 1.53 bits per heavy atom. The van der Waals surface area contributed by atoms with E-state index in [9.17, 15) is 10.4 Å². The molecule has 1 saturated heterocycles. The molecule has 90 valence electrons. The maximum absolute atomic E-state index is 10.4. The minimum Gasteiger partial charge on any atom is -0.496 e. The van der Waals surface area contributed by atoms with Crippen LogP contribution in [0.5, 0.6) is 5.75 Å². The van der Waals surface area contributed by atoms with Gasteiger partial charge in [-0.15, -0.1) is 0 Å². The van der Waals surface area contributed by atoms with Crippen LogP contribution in [0.1, 0.15) is 18.1 Å². The molecule has 0 saturated carbocycles. The first-order valence-electron chi connectivity index (χ1n) is 5.53. The minimum atomic E-state index is -0.883. The maximum Gasteiger partial charge on any atom is 0.124 e. The van der Waals surface area contributed by atoms with Crippen LogP contribution in [0.15, 0.2) is 24.3 Å². The summed E-state index contributed by atoms with van der Waals surface area (Å²) in [7, 11) is 1.55. The lowest BCUT2D eigenvalue weighted by Crippen LogP contribution is -2.28. The molecule has 1 aliphatic rings. The number of nitrogens with zero attached hydrogens (tertiary/aromatic N) is 1. The third-order valence-corrected chi connectivity index (χ3v) is 3.23. The lowest BCUT2D eigenvalue weighted by molar-refractivity contribution is 0.0486. The van der Waals surface area contributed by atoms with Gasteiger partial charge in [0.05, 0.1) is 19.8 Å². The van der Waals surface area contributed by atoms with Crippen molar-refractivity contribution in [1.82, 2.24) is 0 Å². The van der Waals surface area contributed by atoms with Crippen molar-refractivity contribution in [1.29, 1.82) is 5.26 Å². The summed E-state index contributed by atoms with van der Waals surface area (Å²) < 4.78 is 10.4. The van der Waals surface area contributed by atoms with Gasteiger partial charge in [-0.3, -0.25) is 0 Å². The zero-order valence-corrected chi connectivity index (χ0v) is 9.72. The predicted octanol–water partition coefficient (Wildman–Crippen LogP) is 1.66. The highest BCUT2D eigenvalue weighted by Gasteiger charge is 2.43. The Kier molecular flexibility index (Phi) is 3.32. The zero-order chi connectivity index (χ0) is 12.3. The molecule has 1 fully saturated rings. The Labute approximate surface area is 100 Å². The lowest BCUT2D eigenvalue weighted by Gasteiger charge is -2.26. The molecule has 0 spiro atoms. The Hall–Kier alpha value is -1.57. The second kappa shape index (κ2) is 4.74. The maximum atomic E-state index is 10.4. The minimum absolute atomic E-state index is 0.267. The van der Waals surface area contributed by atoms with Crippen molar-refractivity contribution in [2.45, 2.75) is 12.5 Å². The van der Waals surface area contributed by atoms with E-state index in [0.717, 1.165) is 0 Å². The van der Waals surface area contributed by atoms with Crippen LogP contribution in [0.3, 0.4) is 0 Å². The molecular formula is C13H15NO3. The van der Waals surface area contributed by atoms with Crippen LogP contribution in [0.2, 0.25) is 0 Å². The molecule has 1 heterocycles. The fourth-order valence-corrected chi connectivity index (χ4v) is 2.14. The van der Waals surface area contributed by atoms with Crippen molar-refractivity contribution in [3.8, 4) is 11.8 Å². The van der Waals surface area contributed by atoms with Crippen LogP contribution in [-0.4, -0.2) is 25.4 Å². The van der Waals surface area contributed by atoms with Crippen molar-refractivity contribution in [3.05, 3.63) is 29.8 Å². The van der Waals surface area contributed by atoms with Gasteiger partial charge in [0, 0.05) is 12.2 Å². The quantitative estimate of drug-likeness (QED) is 0.862. The summed E-state index contributed by atoms with van der Waals surface area (Å²) in [6, 6.07) is 9.41. The molecule has 0 aromatic heterocycles. The van der Waals surface area contributed by atoms with E-state index in [1.807, 2.05) is 12.1 Å². The normalized spacial score (nSPS) is 25.2. The second-order valence-corrected chi connectivity index (χ2v) is 4.22. The Morgan fingerprint density at radius 2 is 2.29 bits per heavy atom. The van der Waals surface area contributed by atoms with Crippen LogP contribution in [0.4, 0.5) is 0 Å². The summed E-state index contributed by atoms with van der Waals surface area (Å²) >= 11 is 0. The summed E-state index contributed by atoms with van der Waals surface area (Å²) in [5.74, 6) is 0.599. The molecule has 1 aromatic rings. The van der Waals surface area contributed by atoms with Gasteiger partial charge in [0.2, 0.25) is 0 Å². The van der Waals surface area contributed by atoms with E-state index >= 15 is 0 Å². The molecule has 2 atom stereocenters. The number of aliphatic hydroxyl groups is 1. The number of hydrogen-bond acceptors (Lipinski definition) is 4. The topological polar surface area (TPSA) is 62.5 Å². The van der Waals surface area contributed by atoms with E-state index in [1.165, 1.54) is 0 Å². The molecule has 4 nitrogen and oxygen atoms in total. The third kappa shape index (κ3) is 1.99. The van der Waals surface area contributed by atoms with Gasteiger partial charge in [0.25, 0.3) is 0 Å². The highest BCUT2D eigenvalue weighted by molar-refractivity contribution is 5.37. The summed E-state index contributed by atoms with van der Waals surface area (Å²) in [6.07, 6.45) is -0.339. The zero-order valence-electron chi connectivity index (χ0n) is 9.72. The van der Waals surface area contributed by atoms with E-state index < -0.39 is 11.5 Å². The molecule has 1 N–H and O–H groups in total. The number of hydrogen-bond donors (Lipinski definition) is 1. The first kappa shape index (κ1) is 11.9. The smallest absolute Gasteiger partial charge is 0.124 e. The van der Waals surface area contributed by atoms with Crippen LogP contribution in [-0.2, 0) is 4.74 Å². The fraction of sp³-hybridized carbons (Fsp3) is 0.462. The lowest BCUT2D eigenvalue weighted by atomic mass is 9.79. The summed E-state index contributed by atoms with van der Waals surface area (Å²) in [5, 5.41) is 19.7. The van der Waals surface area contributed by atoms with Crippen LogP contribution in [0, 0.1) is 16.7 Å². The van der Waals surface area contributed by atoms with Gasteiger partial charge in [0.1, 0.15) is 17.3 Å². The highest BCUT2D eigenvalue weighted by atomic mass is 16.5. The molecular weight excluding hydrogens is 218 g/mol. The van der Waals surface area contributed by atoms with Gasteiger partial charge in [-0.05, 0) is 12.5 Å². The van der Waals surface area contributed by atoms with Crippen molar-refractivity contribution in [3.63, 3.8) is 0 Å². The molecule has 0 aliphatic carbocycles. The largest absolute Gasteiger partial charge is 0.496 e. The summed E-state index contributed by atoms with van der Waals surface area (Å²) in [4.78, 5) is 0. The van der Waals surface area contributed by atoms with Gasteiger partial charge in [0.15, 0.2) is 0 Å². The SMILES string of the molecule is COc1ccccc1C(O)C1(C#N)CCOC1. The van der Waals surface area contributed by atoms with Gasteiger partial charge in [-0.1, -0.05) is 18.2 Å². The van der Waals surface area contributed by atoms with Crippen LogP contribution in [0.25, 0.3) is 0 Å². The van der Waals surface area contributed by atoms with Crippen LogP contribution < -0.4 is 4.74 Å². The van der Waals surface area contributed by atoms with E-state index in [1.54, 1.807) is 19.2 Å². The van der Waals surface area contributed by atoms with Crippen molar-refractivity contribution in [2.24, 2.45) is 5.41 Å². The Morgan fingerprint density at radius 3 is 2.88 bits per heavy atom. The van der Waals surface area contributed by atoms with Crippen LogP contribution >= 0.6 is 0 Å². The molecule has 1 aliphatic heterocycles. The number of nitriles is 1. The fourth-order valence-electron chi connectivity index (χ4n) is 2.14. The Bertz CT molecular complexity index is 433. The molecule has 0 bridgehead atoms. The van der Waals surface area contributed by atoms with E-state index in [-0.39, 0.29) is 6.61 Å². The molecule has 2 rings (SSSR count). The standard InChI is InChI=1S/C13H15NO3/c1-16-11-5-3-2-4-10(11)12(15)13(8-14)6-7-17-9-13/h2-5,12,15H,6-7,9H2,1H3. The molecule has 0 radical (unpaired) electrons. The van der Waals surface area contributed by atoms with Gasteiger partial charge in [-0.2, -0.15) is 5.26 Å². The first-order chi connectivity index (χ1) is 8.23. The van der Waals surface area contributed by atoms with Crippen molar-refractivity contribution < 1.29 is 14.6 Å². The molecule has 1 aromatic carbocycles. The van der Waals surface area contributed by atoms with Crippen molar-refractivity contribution >= 4 is 0 Å². The first-order valence-corrected chi connectivity index (χ1v) is 5.53. The van der Waals surface area contributed by atoms with Gasteiger partial charge in [-0.25, -0.2) is 0 Å². The predicted molar refractivity (Wildman–Crippen MR) is 61.4 cm³/mol. The number of benzene rings is 1. The number of ether oxygens (including phenoxy) is 2. The molecule has 4 heteroatoms. The third-order valence-electron chi connectivity index (χ3n) is 3.23. The van der Waals surface area contributed by atoms with E-state index in [4.69, 9.17) is 9.47 Å². The average Bonchev–Trinajstić information content (AvgIpc) is 2.88. The molecule has 17 heavy (non-hydrogen) atoms. The Balaban J connectivity index is 2.36. The average molecular weight is 233 g/mol. The summed E-state index contributed by atoms with van der Waals surface area (Å²) in [5.41, 5.74) is -0.212. The van der Waals surface area contributed by atoms with E-state index in [2.05, 4.69) is 6.07 Å². The number of rotatable bonds is 3. The monoisotopic (exact) mass is 233 g/mol. The number of methoxy groups -OCH3 is 1. The van der Waals surface area contributed by atoms with E-state index in [0.29, 0.717) is 24.3 Å².